The number of hydrogen-bond donors (Lipinski definition) is 2. The highest BCUT2D eigenvalue weighted by Crippen LogP contribution is 2.34. The number of aromatic amines is 1. The number of aliphatic hydroxyl groups excluding tert-OH is 1. The summed E-state index contributed by atoms with van der Waals surface area (Å²) in [6.45, 7) is 0.612. The van der Waals surface area contributed by atoms with Gasteiger partial charge in [-0.2, -0.15) is 4.98 Å². The minimum absolute atomic E-state index is 0.261. The molecule has 2 N–H and O–H groups in total. The summed E-state index contributed by atoms with van der Waals surface area (Å²) in [6, 6.07) is 22.8. The summed E-state index contributed by atoms with van der Waals surface area (Å²) in [4.78, 5) is 7.76. The third kappa shape index (κ3) is 3.45. The Balaban J connectivity index is 1.26. The van der Waals surface area contributed by atoms with E-state index in [1.54, 1.807) is 0 Å². The van der Waals surface area contributed by atoms with Gasteiger partial charge >= 0.3 is 0 Å². The molecule has 0 bridgehead atoms. The van der Waals surface area contributed by atoms with Crippen molar-refractivity contribution in [2.75, 3.05) is 13.2 Å². The number of aromatic nitrogens is 2. The van der Waals surface area contributed by atoms with Gasteiger partial charge in [-0.3, -0.25) is 0 Å². The number of rotatable bonds is 4. The highest BCUT2D eigenvalue weighted by Gasteiger charge is 2.48. The van der Waals surface area contributed by atoms with Gasteiger partial charge in [0.25, 0.3) is 6.01 Å². The first-order valence-electron chi connectivity index (χ1n) is 10.6. The Labute approximate surface area is 189 Å². The fourth-order valence-corrected chi connectivity index (χ4v) is 4.72. The quantitative estimate of drug-likeness (QED) is 0.482. The van der Waals surface area contributed by atoms with Crippen LogP contribution in [0.2, 0.25) is 5.02 Å². The highest BCUT2D eigenvalue weighted by molar-refractivity contribution is 6.34. The molecule has 6 nitrogen and oxygen atoms in total. The van der Waals surface area contributed by atoms with E-state index in [-0.39, 0.29) is 24.9 Å². The van der Waals surface area contributed by atoms with E-state index >= 15 is 0 Å². The molecule has 4 aromatic rings. The van der Waals surface area contributed by atoms with Crippen molar-refractivity contribution in [3.8, 4) is 28.3 Å². The van der Waals surface area contributed by atoms with Crippen molar-refractivity contribution in [3.05, 3.63) is 71.8 Å². The molecule has 0 amide bonds. The van der Waals surface area contributed by atoms with E-state index in [1.807, 2.05) is 30.3 Å². The van der Waals surface area contributed by atoms with Crippen molar-refractivity contribution in [1.29, 1.82) is 0 Å². The van der Waals surface area contributed by atoms with Gasteiger partial charge in [0.2, 0.25) is 0 Å². The van der Waals surface area contributed by atoms with Crippen LogP contribution in [-0.2, 0) is 9.47 Å². The molecule has 0 saturated carbocycles. The summed E-state index contributed by atoms with van der Waals surface area (Å²) in [5.41, 5.74) is 5.79. The molecule has 2 aliphatic heterocycles. The summed E-state index contributed by atoms with van der Waals surface area (Å²) in [7, 11) is 0. The normalized spacial score (nSPS) is 24.7. The van der Waals surface area contributed by atoms with Gasteiger partial charge in [-0.25, -0.2) is 0 Å². The molecule has 0 aliphatic carbocycles. The number of benzene rings is 3. The molecule has 3 heterocycles. The number of halogens is 1. The van der Waals surface area contributed by atoms with Gasteiger partial charge in [0.15, 0.2) is 6.10 Å². The molecule has 1 aromatic heterocycles. The first kappa shape index (κ1) is 19.8. The van der Waals surface area contributed by atoms with Crippen molar-refractivity contribution in [1.82, 2.24) is 9.97 Å². The van der Waals surface area contributed by atoms with Gasteiger partial charge < -0.3 is 24.3 Å². The Bertz CT molecular complexity index is 1260. The summed E-state index contributed by atoms with van der Waals surface area (Å²) in [5.74, 6) is 0. The van der Waals surface area contributed by atoms with Crippen molar-refractivity contribution >= 4 is 22.6 Å². The van der Waals surface area contributed by atoms with Gasteiger partial charge in [0, 0.05) is 5.56 Å². The lowest BCUT2D eigenvalue weighted by atomic mass is 10.00. The Kier molecular flexibility index (Phi) is 4.88. The summed E-state index contributed by atoms with van der Waals surface area (Å²) < 4.78 is 17.2. The van der Waals surface area contributed by atoms with Crippen LogP contribution in [0.4, 0.5) is 0 Å². The van der Waals surface area contributed by atoms with Gasteiger partial charge in [-0.05, 0) is 28.8 Å². The SMILES string of the molecule is O[C@@H]1CO[C@H]2[C@@H]1OC[C@H]2Oc1nc2cc(-c3ccc(-c4ccccc4)cc3)c(Cl)cc2[nH]1. The topological polar surface area (TPSA) is 76.6 Å². The number of aliphatic hydroxyl groups is 1. The number of fused-ring (bicyclic) bond motifs is 2. The second-order valence-electron chi connectivity index (χ2n) is 8.15. The predicted molar refractivity (Wildman–Crippen MR) is 122 cm³/mol. The standard InChI is InChI=1S/C25H21ClN2O4/c26-18-11-20-19(27-25(28-20)32-22-13-31-23-21(29)12-30-24(22)23)10-17(18)16-8-6-15(7-9-16)14-4-2-1-3-5-14/h1-11,21-24,29H,12-13H2,(H,27,28)/t21-,22-,23-,24-/m1/s1. The first-order chi connectivity index (χ1) is 15.7. The smallest absolute Gasteiger partial charge is 0.295 e. The molecule has 2 saturated heterocycles. The van der Waals surface area contributed by atoms with Crippen molar-refractivity contribution in [2.24, 2.45) is 0 Å². The minimum atomic E-state index is -0.612. The molecule has 7 heteroatoms. The van der Waals surface area contributed by atoms with E-state index in [1.165, 1.54) is 5.56 Å². The van der Waals surface area contributed by atoms with Crippen LogP contribution in [0.15, 0.2) is 66.7 Å². The molecule has 0 radical (unpaired) electrons. The first-order valence-corrected chi connectivity index (χ1v) is 11.0. The molecule has 2 aliphatic rings. The molecule has 0 spiro atoms. The molecule has 3 aromatic carbocycles. The van der Waals surface area contributed by atoms with Gasteiger partial charge in [-0.1, -0.05) is 66.2 Å². The zero-order chi connectivity index (χ0) is 21.7. The van der Waals surface area contributed by atoms with Gasteiger partial charge in [-0.15, -0.1) is 0 Å². The van der Waals surface area contributed by atoms with E-state index in [0.717, 1.165) is 27.7 Å². The van der Waals surface area contributed by atoms with Crippen LogP contribution in [0, 0.1) is 0 Å². The monoisotopic (exact) mass is 448 g/mol. The van der Waals surface area contributed by atoms with Crippen LogP contribution in [0.1, 0.15) is 0 Å². The molecule has 6 rings (SSSR count). The fraction of sp³-hybridized carbons (Fsp3) is 0.240. The zero-order valence-corrected chi connectivity index (χ0v) is 17.8. The molecule has 2 fully saturated rings. The molecular formula is C25H21ClN2O4. The Morgan fingerprint density at radius 1 is 0.906 bits per heavy atom. The number of hydrogen-bond acceptors (Lipinski definition) is 5. The van der Waals surface area contributed by atoms with Crippen LogP contribution < -0.4 is 4.74 Å². The zero-order valence-electron chi connectivity index (χ0n) is 17.1. The maximum atomic E-state index is 9.91. The average molecular weight is 449 g/mol. The maximum Gasteiger partial charge on any atom is 0.295 e. The Hall–Kier alpha value is -2.90. The lowest BCUT2D eigenvalue weighted by Gasteiger charge is -2.15. The van der Waals surface area contributed by atoms with E-state index in [0.29, 0.717) is 17.6 Å². The number of nitrogens with zero attached hydrogens (tertiary/aromatic N) is 1. The van der Waals surface area contributed by atoms with Crippen molar-refractivity contribution < 1.29 is 19.3 Å². The van der Waals surface area contributed by atoms with E-state index in [9.17, 15) is 5.11 Å². The minimum Gasteiger partial charge on any atom is -0.456 e. The Morgan fingerprint density at radius 3 is 2.44 bits per heavy atom. The predicted octanol–water partition coefficient (Wildman–Crippen LogP) is 4.46. The van der Waals surface area contributed by atoms with E-state index in [2.05, 4.69) is 46.4 Å². The lowest BCUT2D eigenvalue weighted by Crippen LogP contribution is -2.34. The molecule has 4 atom stereocenters. The number of imidazole rings is 1. The van der Waals surface area contributed by atoms with Crippen LogP contribution in [0.5, 0.6) is 6.01 Å². The third-order valence-electron chi connectivity index (χ3n) is 6.10. The highest BCUT2D eigenvalue weighted by atomic mass is 35.5. The number of nitrogens with one attached hydrogen (secondary N) is 1. The van der Waals surface area contributed by atoms with E-state index < -0.39 is 6.10 Å². The molecular weight excluding hydrogens is 428 g/mol. The van der Waals surface area contributed by atoms with Crippen molar-refractivity contribution in [2.45, 2.75) is 24.4 Å². The fourth-order valence-electron chi connectivity index (χ4n) is 4.45. The molecule has 0 unspecified atom stereocenters. The summed E-state index contributed by atoms with van der Waals surface area (Å²) >= 11 is 6.61. The number of H-pyrrole nitrogens is 1. The van der Waals surface area contributed by atoms with Crippen LogP contribution in [0.3, 0.4) is 0 Å². The second-order valence-corrected chi connectivity index (χ2v) is 8.56. The maximum absolute atomic E-state index is 9.91. The van der Waals surface area contributed by atoms with Crippen LogP contribution in [0.25, 0.3) is 33.3 Å². The summed E-state index contributed by atoms with van der Waals surface area (Å²) in [5, 5.41) is 10.5. The van der Waals surface area contributed by atoms with Gasteiger partial charge in [0.1, 0.15) is 18.3 Å². The largest absolute Gasteiger partial charge is 0.456 e. The summed E-state index contributed by atoms with van der Waals surface area (Å²) in [6.07, 6.45) is -1.57. The lowest BCUT2D eigenvalue weighted by molar-refractivity contribution is 0.00706. The van der Waals surface area contributed by atoms with Crippen molar-refractivity contribution in [3.63, 3.8) is 0 Å². The average Bonchev–Trinajstić information content (AvgIpc) is 3.51. The van der Waals surface area contributed by atoms with Gasteiger partial charge in [0.05, 0.1) is 29.3 Å². The Morgan fingerprint density at radius 2 is 1.62 bits per heavy atom. The third-order valence-corrected chi connectivity index (χ3v) is 6.41. The molecule has 162 valence electrons. The molecule has 32 heavy (non-hydrogen) atoms. The second kappa shape index (κ2) is 7.90. The van der Waals surface area contributed by atoms with E-state index in [4.69, 9.17) is 25.8 Å². The van der Waals surface area contributed by atoms with Crippen LogP contribution in [-0.4, -0.2) is 52.7 Å². The van der Waals surface area contributed by atoms with Crippen LogP contribution >= 0.6 is 11.6 Å². The number of ether oxygens (including phenoxy) is 3.